The number of ether oxygens (including phenoxy) is 1. The van der Waals surface area contributed by atoms with Gasteiger partial charge < -0.3 is 26.0 Å². The maximum Gasteiger partial charge on any atom is 0.490 e. The van der Waals surface area contributed by atoms with Gasteiger partial charge in [-0.15, -0.1) is 0 Å². The number of hydrogen-bond donors (Lipinski definition) is 4. The van der Waals surface area contributed by atoms with Crippen LogP contribution in [-0.4, -0.2) is 46.6 Å². The maximum atomic E-state index is 10.6. The smallest absolute Gasteiger partial charge is 0.490 e. The molecule has 0 fully saturated rings. The summed E-state index contributed by atoms with van der Waals surface area (Å²) in [7, 11) is 0. The minimum absolute atomic E-state index is 0.228. The Kier molecular flexibility index (Phi) is 7.67. The van der Waals surface area contributed by atoms with E-state index in [2.05, 4.69) is 32.9 Å². The van der Waals surface area contributed by atoms with Gasteiger partial charge in [0.25, 0.3) is 0 Å². The van der Waals surface area contributed by atoms with E-state index in [4.69, 9.17) is 25.5 Å². The first-order valence-electron chi connectivity index (χ1n) is 6.75. The summed E-state index contributed by atoms with van der Waals surface area (Å²) in [5.74, 6) is -1.64. The second-order valence-electron chi connectivity index (χ2n) is 4.58. The van der Waals surface area contributed by atoms with Crippen LogP contribution in [0.1, 0.15) is 0 Å². The maximum absolute atomic E-state index is 10.6. The number of nitrogens with two attached hydrogens (primary N) is 1. The van der Waals surface area contributed by atoms with Crippen molar-refractivity contribution in [2.24, 2.45) is 0 Å². The Hall–Kier alpha value is -2.51. The van der Waals surface area contributed by atoms with E-state index in [1.54, 1.807) is 6.20 Å². The molecule has 0 unspecified atom stereocenters. The van der Waals surface area contributed by atoms with Crippen LogP contribution in [0.4, 0.5) is 23.8 Å². The Morgan fingerprint density at radius 3 is 2.46 bits per heavy atom. The number of amides is 1. The van der Waals surface area contributed by atoms with Gasteiger partial charge in [0.15, 0.2) is 0 Å². The Bertz CT molecular complexity index is 801. The molecule has 5 N–H and O–H groups in total. The van der Waals surface area contributed by atoms with Crippen LogP contribution >= 0.6 is 22.6 Å². The lowest BCUT2D eigenvalue weighted by Crippen LogP contribution is -2.26. The lowest BCUT2D eigenvalue weighted by atomic mass is 10.1. The number of anilines is 1. The fourth-order valence-corrected chi connectivity index (χ4v) is 2.27. The molecule has 0 bridgehead atoms. The number of fused-ring (bicyclic) bond motifs is 1. The van der Waals surface area contributed by atoms with Gasteiger partial charge >= 0.3 is 18.2 Å². The van der Waals surface area contributed by atoms with Crippen molar-refractivity contribution >= 4 is 51.2 Å². The number of aromatic nitrogens is 1. The van der Waals surface area contributed by atoms with E-state index in [1.165, 1.54) is 0 Å². The van der Waals surface area contributed by atoms with Crippen molar-refractivity contribution in [3.63, 3.8) is 0 Å². The van der Waals surface area contributed by atoms with E-state index in [-0.39, 0.29) is 13.2 Å². The molecule has 2 aromatic rings. The molecule has 1 heterocycles. The highest BCUT2D eigenvalue weighted by molar-refractivity contribution is 14.1. The second kappa shape index (κ2) is 9.26. The van der Waals surface area contributed by atoms with Gasteiger partial charge in [-0.2, -0.15) is 13.2 Å². The number of hydrogen-bond acceptors (Lipinski definition) is 5. The number of carbonyl (C=O) groups is 2. The summed E-state index contributed by atoms with van der Waals surface area (Å²) in [5.41, 5.74) is 5.81. The van der Waals surface area contributed by atoms with Crippen molar-refractivity contribution in [2.75, 3.05) is 18.9 Å². The first kappa shape index (κ1) is 21.5. The number of nitrogens with zero attached hydrogens (tertiary/aromatic N) is 1. The van der Waals surface area contributed by atoms with Crippen molar-refractivity contribution in [1.82, 2.24) is 10.3 Å². The summed E-state index contributed by atoms with van der Waals surface area (Å²) < 4.78 is 38.2. The Balaban J connectivity index is 0.000000412. The highest BCUT2D eigenvalue weighted by atomic mass is 127. The standard InChI is InChI=1S/C12H12IN3O3.C2HF3O2/c13-9-5-7-1-2-15-11(14)8(7)6-10(9)19-4-3-16-12(17)18;3-2(4,5)1(6)7/h1-2,5-6,16H,3-4H2,(H2,14,15)(H,17,18);(H,6,7). The van der Waals surface area contributed by atoms with Crippen LogP contribution in [-0.2, 0) is 4.79 Å². The van der Waals surface area contributed by atoms with Gasteiger partial charge in [-0.05, 0) is 46.2 Å². The van der Waals surface area contributed by atoms with Gasteiger partial charge in [-0.25, -0.2) is 14.6 Å². The highest BCUT2D eigenvalue weighted by Gasteiger charge is 2.38. The summed E-state index contributed by atoms with van der Waals surface area (Å²) >= 11 is 2.16. The number of carboxylic acid groups (broad SMARTS) is 2. The van der Waals surface area contributed by atoms with Crippen LogP contribution < -0.4 is 15.8 Å². The third-order valence-corrected chi connectivity index (χ3v) is 3.57. The molecular weight excluding hydrogens is 474 g/mol. The lowest BCUT2D eigenvalue weighted by Gasteiger charge is -2.10. The average molecular weight is 487 g/mol. The number of aliphatic carboxylic acids is 1. The highest BCUT2D eigenvalue weighted by Crippen LogP contribution is 2.29. The Morgan fingerprint density at radius 1 is 1.31 bits per heavy atom. The fraction of sp³-hybridized carbons (Fsp3) is 0.214. The first-order valence-corrected chi connectivity index (χ1v) is 7.83. The Labute approximate surface area is 158 Å². The fourth-order valence-electron chi connectivity index (χ4n) is 1.63. The van der Waals surface area contributed by atoms with Crippen molar-refractivity contribution < 1.29 is 37.7 Å². The molecule has 0 aliphatic rings. The molecular formula is C14H13F3IN3O5. The molecule has 0 aliphatic carbocycles. The summed E-state index contributed by atoms with van der Waals surface area (Å²) in [6.07, 6.45) is -4.49. The third kappa shape index (κ3) is 6.78. The van der Waals surface area contributed by atoms with Crippen molar-refractivity contribution in [2.45, 2.75) is 6.18 Å². The number of nitrogen functional groups attached to an aromatic ring is 1. The molecule has 26 heavy (non-hydrogen) atoms. The van der Waals surface area contributed by atoms with Crippen LogP contribution in [0.15, 0.2) is 24.4 Å². The van der Waals surface area contributed by atoms with Gasteiger partial charge in [-0.1, -0.05) is 0 Å². The van der Waals surface area contributed by atoms with Crippen molar-refractivity contribution in [3.8, 4) is 5.75 Å². The zero-order chi connectivity index (χ0) is 19.9. The van der Waals surface area contributed by atoms with E-state index >= 15 is 0 Å². The van der Waals surface area contributed by atoms with Crippen molar-refractivity contribution in [3.05, 3.63) is 28.0 Å². The third-order valence-electron chi connectivity index (χ3n) is 2.73. The number of nitrogens with one attached hydrogen (secondary N) is 1. The monoisotopic (exact) mass is 487 g/mol. The van der Waals surface area contributed by atoms with Crippen LogP contribution in [0.25, 0.3) is 10.8 Å². The molecule has 1 amide bonds. The normalized spacial score (nSPS) is 10.6. The predicted molar refractivity (Wildman–Crippen MR) is 94.1 cm³/mol. The number of rotatable bonds is 4. The summed E-state index contributed by atoms with van der Waals surface area (Å²) in [6.45, 7) is 0.486. The molecule has 0 saturated heterocycles. The topological polar surface area (TPSA) is 135 Å². The summed E-state index contributed by atoms with van der Waals surface area (Å²) in [5, 5.41) is 19.6. The van der Waals surface area contributed by atoms with Gasteiger partial charge in [0.05, 0.1) is 10.1 Å². The minimum atomic E-state index is -5.08. The van der Waals surface area contributed by atoms with Crippen LogP contribution in [0.3, 0.4) is 0 Å². The zero-order valence-electron chi connectivity index (χ0n) is 12.9. The van der Waals surface area contributed by atoms with Crippen molar-refractivity contribution in [1.29, 1.82) is 0 Å². The van der Waals surface area contributed by atoms with E-state index < -0.39 is 18.2 Å². The summed E-state index contributed by atoms with van der Waals surface area (Å²) in [4.78, 5) is 23.2. The van der Waals surface area contributed by atoms with Crippen LogP contribution in [0, 0.1) is 3.57 Å². The molecule has 2 rings (SSSR count). The molecule has 12 heteroatoms. The largest absolute Gasteiger partial charge is 0.491 e. The number of carboxylic acids is 1. The average Bonchev–Trinajstić information content (AvgIpc) is 2.52. The van der Waals surface area contributed by atoms with E-state index in [9.17, 15) is 18.0 Å². The minimum Gasteiger partial charge on any atom is -0.491 e. The van der Waals surface area contributed by atoms with Crippen LogP contribution in [0.5, 0.6) is 5.75 Å². The second-order valence-corrected chi connectivity index (χ2v) is 5.75. The molecule has 8 nitrogen and oxygen atoms in total. The van der Waals surface area contributed by atoms with E-state index in [1.807, 2.05) is 18.2 Å². The van der Waals surface area contributed by atoms with Gasteiger partial charge in [0, 0.05) is 11.6 Å². The Morgan fingerprint density at radius 2 is 1.92 bits per heavy atom. The molecule has 1 aromatic heterocycles. The van der Waals surface area contributed by atoms with Gasteiger partial charge in [-0.3, -0.25) is 0 Å². The van der Waals surface area contributed by atoms with Crippen LogP contribution in [0.2, 0.25) is 0 Å². The van der Waals surface area contributed by atoms with Gasteiger partial charge in [0.1, 0.15) is 18.2 Å². The molecule has 1 aromatic carbocycles. The quantitative estimate of drug-likeness (QED) is 0.385. The number of benzene rings is 1. The molecule has 0 atom stereocenters. The SMILES string of the molecule is Nc1nccc2cc(I)c(OCCNC(=O)O)cc12.O=C(O)C(F)(F)F. The zero-order valence-corrected chi connectivity index (χ0v) is 15.0. The first-order chi connectivity index (χ1) is 12.0. The summed E-state index contributed by atoms with van der Waals surface area (Å²) in [6, 6.07) is 5.65. The van der Waals surface area contributed by atoms with Gasteiger partial charge in [0.2, 0.25) is 0 Å². The molecule has 0 spiro atoms. The van der Waals surface area contributed by atoms with E-state index in [0.717, 1.165) is 14.3 Å². The molecule has 142 valence electrons. The molecule has 0 radical (unpaired) electrons. The van der Waals surface area contributed by atoms with E-state index in [0.29, 0.717) is 11.6 Å². The number of halogens is 4. The lowest BCUT2D eigenvalue weighted by molar-refractivity contribution is -0.192. The molecule has 0 aliphatic heterocycles. The predicted octanol–water partition coefficient (Wildman–Crippen LogP) is 2.70. The number of pyridine rings is 1. The number of alkyl halides is 3. The molecule has 0 saturated carbocycles.